The minimum absolute atomic E-state index is 0.168. The van der Waals surface area contributed by atoms with Crippen LogP contribution in [0.2, 0.25) is 0 Å². The van der Waals surface area contributed by atoms with Crippen molar-refractivity contribution in [3.8, 4) is 16.9 Å². The van der Waals surface area contributed by atoms with Gasteiger partial charge in [-0.05, 0) is 61.4 Å². The number of ether oxygens (including phenoxy) is 1. The maximum absolute atomic E-state index is 11.3. The minimum Gasteiger partial charge on any atom is -0.494 e. The summed E-state index contributed by atoms with van der Waals surface area (Å²) in [7, 11) is 0. The lowest BCUT2D eigenvalue weighted by Crippen LogP contribution is -2.22. The summed E-state index contributed by atoms with van der Waals surface area (Å²) in [5, 5.41) is 12.7. The molecule has 4 N–H and O–H groups in total. The number of carbonyl (C=O) groups is 2. The number of fused-ring (bicyclic) bond motifs is 1. The number of nitrogens with one attached hydrogen (secondary N) is 1. The number of hydrogen-bond donors (Lipinski definition) is 3. The lowest BCUT2D eigenvalue weighted by molar-refractivity contribution is -0.118. The molecule has 1 aromatic heterocycles. The summed E-state index contributed by atoms with van der Waals surface area (Å²) >= 11 is 0. The molecule has 7 heteroatoms. The molecule has 0 saturated heterocycles. The van der Waals surface area contributed by atoms with Crippen molar-refractivity contribution in [3.63, 3.8) is 0 Å². The maximum atomic E-state index is 11.3. The van der Waals surface area contributed by atoms with E-state index < -0.39 is 6.09 Å². The van der Waals surface area contributed by atoms with E-state index in [2.05, 4.69) is 43.4 Å². The van der Waals surface area contributed by atoms with E-state index in [1.807, 2.05) is 25.1 Å². The van der Waals surface area contributed by atoms with Crippen molar-refractivity contribution in [2.75, 3.05) is 6.61 Å². The van der Waals surface area contributed by atoms with Crippen molar-refractivity contribution in [2.24, 2.45) is 11.7 Å². The van der Waals surface area contributed by atoms with Crippen LogP contribution in [0.15, 0.2) is 42.5 Å². The number of aromatic nitrogens is 1. The molecule has 0 unspecified atom stereocenters. The first-order valence-electron chi connectivity index (χ1n) is 11.6. The van der Waals surface area contributed by atoms with Crippen LogP contribution in [0.3, 0.4) is 0 Å². The van der Waals surface area contributed by atoms with Gasteiger partial charge in [0.15, 0.2) is 0 Å². The van der Waals surface area contributed by atoms with Gasteiger partial charge in [-0.2, -0.15) is 0 Å². The van der Waals surface area contributed by atoms with Crippen LogP contribution >= 0.6 is 0 Å². The van der Waals surface area contributed by atoms with Crippen LogP contribution in [0, 0.1) is 12.8 Å². The van der Waals surface area contributed by atoms with E-state index in [9.17, 15) is 14.7 Å². The summed E-state index contributed by atoms with van der Waals surface area (Å²) in [6, 6.07) is 14.0. The Bertz CT molecular complexity index is 1160. The molecule has 0 saturated carbocycles. The highest BCUT2D eigenvalue weighted by Crippen LogP contribution is 2.36. The number of aryl methyl sites for hydroxylation is 1. The second kappa shape index (κ2) is 11.5. The number of rotatable bonds is 11. The lowest BCUT2D eigenvalue weighted by atomic mass is 9.91. The average Bonchev–Trinajstić information content (AvgIpc) is 2.77. The highest BCUT2D eigenvalue weighted by Gasteiger charge is 2.19. The van der Waals surface area contributed by atoms with E-state index in [0.29, 0.717) is 31.1 Å². The number of carbonyl (C=O) groups excluding carboxylic acids is 1. The van der Waals surface area contributed by atoms with Crippen molar-refractivity contribution < 1.29 is 19.4 Å². The van der Waals surface area contributed by atoms with Crippen molar-refractivity contribution >= 4 is 22.9 Å². The van der Waals surface area contributed by atoms with Crippen molar-refractivity contribution in [2.45, 2.75) is 53.0 Å². The minimum atomic E-state index is -1.07. The van der Waals surface area contributed by atoms with Crippen LogP contribution in [0.4, 0.5) is 4.79 Å². The Kier molecular flexibility index (Phi) is 8.46. The standard InChI is InChI=1S/C27H33N3O4/c1-17(2)14-24-22(16-29-27(32)33)26(19-9-7-18(3)8-10-19)21-15-20(11-12-23(21)30-24)34-13-5-4-6-25(28)31/h7-12,15,17,29H,4-6,13-14,16H2,1-3H3,(H2,28,31)(H,32,33). The van der Waals surface area contributed by atoms with Gasteiger partial charge in [0, 0.05) is 29.6 Å². The lowest BCUT2D eigenvalue weighted by Gasteiger charge is -2.19. The largest absolute Gasteiger partial charge is 0.494 e. The summed E-state index contributed by atoms with van der Waals surface area (Å²) in [5.74, 6) is 0.761. The third kappa shape index (κ3) is 6.70. The van der Waals surface area contributed by atoms with Crippen molar-refractivity contribution in [1.82, 2.24) is 10.3 Å². The van der Waals surface area contributed by atoms with Gasteiger partial charge in [0.25, 0.3) is 0 Å². The van der Waals surface area contributed by atoms with Gasteiger partial charge in [0.2, 0.25) is 5.91 Å². The van der Waals surface area contributed by atoms with Gasteiger partial charge in [-0.25, -0.2) is 4.79 Å². The maximum Gasteiger partial charge on any atom is 0.404 e. The molecule has 1 heterocycles. The van der Waals surface area contributed by atoms with Gasteiger partial charge in [0.1, 0.15) is 5.75 Å². The molecular weight excluding hydrogens is 430 g/mol. The number of pyridine rings is 1. The molecule has 2 aromatic carbocycles. The Balaban J connectivity index is 2.09. The molecule has 0 aliphatic heterocycles. The van der Waals surface area contributed by atoms with E-state index in [1.165, 1.54) is 0 Å². The number of hydrogen-bond acceptors (Lipinski definition) is 4. The van der Waals surface area contributed by atoms with Gasteiger partial charge in [-0.1, -0.05) is 43.7 Å². The number of carboxylic acid groups (broad SMARTS) is 1. The van der Waals surface area contributed by atoms with Crippen LogP contribution in [0.25, 0.3) is 22.0 Å². The van der Waals surface area contributed by atoms with E-state index in [-0.39, 0.29) is 12.5 Å². The first-order chi connectivity index (χ1) is 16.2. The van der Waals surface area contributed by atoms with Gasteiger partial charge in [-0.15, -0.1) is 0 Å². The fourth-order valence-corrected chi connectivity index (χ4v) is 3.97. The van der Waals surface area contributed by atoms with Crippen LogP contribution in [-0.4, -0.2) is 28.7 Å². The van der Waals surface area contributed by atoms with E-state index >= 15 is 0 Å². The summed E-state index contributed by atoms with van der Waals surface area (Å²) < 4.78 is 5.95. The number of nitrogens with zero attached hydrogens (tertiary/aromatic N) is 1. The molecule has 180 valence electrons. The Labute approximate surface area is 200 Å². The molecule has 0 fully saturated rings. The third-order valence-electron chi connectivity index (χ3n) is 5.59. The molecule has 0 aliphatic carbocycles. The molecule has 0 radical (unpaired) electrons. The van der Waals surface area contributed by atoms with Gasteiger partial charge in [0.05, 0.1) is 12.1 Å². The summed E-state index contributed by atoms with van der Waals surface area (Å²) in [4.78, 5) is 27.2. The number of unbranched alkanes of at least 4 members (excludes halogenated alkanes) is 1. The Morgan fingerprint density at radius 1 is 1.12 bits per heavy atom. The van der Waals surface area contributed by atoms with E-state index in [1.54, 1.807) is 0 Å². The van der Waals surface area contributed by atoms with Crippen LogP contribution in [0.5, 0.6) is 5.75 Å². The van der Waals surface area contributed by atoms with Crippen LogP contribution in [-0.2, 0) is 17.8 Å². The average molecular weight is 464 g/mol. The quantitative estimate of drug-likeness (QED) is 0.338. The second-order valence-corrected chi connectivity index (χ2v) is 8.99. The predicted molar refractivity (Wildman–Crippen MR) is 134 cm³/mol. The van der Waals surface area contributed by atoms with Crippen molar-refractivity contribution in [3.05, 3.63) is 59.3 Å². The summed E-state index contributed by atoms with van der Waals surface area (Å²) in [5.41, 5.74) is 10.9. The Morgan fingerprint density at radius 2 is 1.85 bits per heavy atom. The molecular formula is C27H33N3O4. The third-order valence-corrected chi connectivity index (χ3v) is 5.59. The Morgan fingerprint density at radius 3 is 2.50 bits per heavy atom. The summed E-state index contributed by atoms with van der Waals surface area (Å²) in [6.45, 7) is 6.93. The molecule has 3 aromatic rings. The molecule has 2 amide bonds. The monoisotopic (exact) mass is 463 g/mol. The molecule has 34 heavy (non-hydrogen) atoms. The number of amides is 2. The Hall–Kier alpha value is -3.61. The topological polar surface area (TPSA) is 115 Å². The highest BCUT2D eigenvalue weighted by atomic mass is 16.5. The van der Waals surface area contributed by atoms with Crippen molar-refractivity contribution in [1.29, 1.82) is 0 Å². The SMILES string of the molecule is Cc1ccc(-c2c(CNC(=O)O)c(CC(C)C)nc3ccc(OCCCCC(N)=O)cc23)cc1. The van der Waals surface area contributed by atoms with Gasteiger partial charge >= 0.3 is 6.09 Å². The smallest absolute Gasteiger partial charge is 0.404 e. The second-order valence-electron chi connectivity index (χ2n) is 8.99. The molecule has 7 nitrogen and oxygen atoms in total. The highest BCUT2D eigenvalue weighted by molar-refractivity contribution is 5.97. The zero-order valence-electron chi connectivity index (χ0n) is 20.1. The van der Waals surface area contributed by atoms with Gasteiger partial charge in [-0.3, -0.25) is 9.78 Å². The normalized spacial score (nSPS) is 11.1. The zero-order chi connectivity index (χ0) is 24.7. The van der Waals surface area contributed by atoms with Crippen LogP contribution < -0.4 is 15.8 Å². The fourth-order valence-electron chi connectivity index (χ4n) is 3.97. The fraction of sp³-hybridized carbons (Fsp3) is 0.370. The molecule has 0 aliphatic rings. The molecule has 0 spiro atoms. The molecule has 0 bridgehead atoms. The number of primary amides is 1. The zero-order valence-corrected chi connectivity index (χ0v) is 20.1. The first kappa shape index (κ1) is 25.0. The van der Waals surface area contributed by atoms with E-state index in [4.69, 9.17) is 15.5 Å². The van der Waals surface area contributed by atoms with Crippen LogP contribution in [0.1, 0.15) is 49.9 Å². The predicted octanol–water partition coefficient (Wildman–Crippen LogP) is 5.21. The first-order valence-corrected chi connectivity index (χ1v) is 11.6. The number of nitrogens with two attached hydrogens (primary N) is 1. The summed E-state index contributed by atoms with van der Waals surface area (Å²) in [6.07, 6.45) is 1.43. The molecule has 3 rings (SSSR count). The van der Waals surface area contributed by atoms with Gasteiger partial charge < -0.3 is 20.9 Å². The van der Waals surface area contributed by atoms with E-state index in [0.717, 1.165) is 51.7 Å². The number of benzene rings is 2. The molecule has 0 atom stereocenters.